The monoisotopic (exact) mass is 299 g/mol. The standard InChI is InChI=1S/C11H11BrClN3/c1-3-8-9(6(2)12)16-10(13)11(15-8)14-7-4-5-7/h3,7H,1-2,4-5H2,(H,14,15). The molecule has 1 aromatic rings. The number of hydrogen-bond acceptors (Lipinski definition) is 3. The maximum atomic E-state index is 6.04. The number of halogens is 2. The van der Waals surface area contributed by atoms with E-state index in [4.69, 9.17) is 11.6 Å². The molecule has 0 amide bonds. The van der Waals surface area contributed by atoms with E-state index in [1.165, 1.54) is 0 Å². The minimum absolute atomic E-state index is 0.369. The third-order valence-corrected chi connectivity index (χ3v) is 2.89. The number of aromatic nitrogens is 2. The van der Waals surface area contributed by atoms with Gasteiger partial charge < -0.3 is 5.32 Å². The molecule has 0 aromatic carbocycles. The Hall–Kier alpha value is -0.870. The smallest absolute Gasteiger partial charge is 0.172 e. The van der Waals surface area contributed by atoms with Gasteiger partial charge in [-0.25, -0.2) is 9.97 Å². The van der Waals surface area contributed by atoms with Crippen LogP contribution in [0.25, 0.3) is 10.6 Å². The summed E-state index contributed by atoms with van der Waals surface area (Å²) in [5.41, 5.74) is 1.30. The van der Waals surface area contributed by atoms with Gasteiger partial charge in [-0.3, -0.25) is 0 Å². The van der Waals surface area contributed by atoms with Gasteiger partial charge in [0.05, 0.1) is 5.69 Å². The molecule has 3 nitrogen and oxygen atoms in total. The van der Waals surface area contributed by atoms with Crippen molar-refractivity contribution in [2.75, 3.05) is 5.32 Å². The summed E-state index contributed by atoms with van der Waals surface area (Å²) in [4.78, 5) is 8.62. The van der Waals surface area contributed by atoms with E-state index in [-0.39, 0.29) is 0 Å². The van der Waals surface area contributed by atoms with E-state index in [1.54, 1.807) is 6.08 Å². The molecule has 1 fully saturated rings. The van der Waals surface area contributed by atoms with Crippen molar-refractivity contribution in [2.24, 2.45) is 0 Å². The van der Waals surface area contributed by atoms with E-state index in [0.29, 0.717) is 32.9 Å². The zero-order valence-electron chi connectivity index (χ0n) is 8.63. The Labute approximate surface area is 108 Å². The van der Waals surface area contributed by atoms with Crippen LogP contribution < -0.4 is 5.32 Å². The second-order valence-electron chi connectivity index (χ2n) is 3.62. The van der Waals surface area contributed by atoms with Crippen LogP contribution in [-0.2, 0) is 0 Å². The number of rotatable bonds is 4. The highest BCUT2D eigenvalue weighted by molar-refractivity contribution is 9.15. The van der Waals surface area contributed by atoms with Gasteiger partial charge in [0.2, 0.25) is 0 Å². The van der Waals surface area contributed by atoms with Crippen molar-refractivity contribution in [3.8, 4) is 0 Å². The first-order chi connectivity index (χ1) is 7.61. The average molecular weight is 301 g/mol. The molecule has 16 heavy (non-hydrogen) atoms. The first-order valence-corrected chi connectivity index (χ1v) is 6.10. The van der Waals surface area contributed by atoms with Gasteiger partial charge in [-0.1, -0.05) is 24.8 Å². The Kier molecular flexibility index (Phi) is 3.30. The molecule has 1 aliphatic rings. The average Bonchev–Trinajstić information content (AvgIpc) is 3.04. The van der Waals surface area contributed by atoms with Crippen LogP contribution in [0.3, 0.4) is 0 Å². The van der Waals surface area contributed by atoms with Gasteiger partial charge in [0, 0.05) is 10.5 Å². The van der Waals surface area contributed by atoms with Crippen LogP contribution in [0.2, 0.25) is 5.15 Å². The van der Waals surface area contributed by atoms with Crippen LogP contribution in [0.5, 0.6) is 0 Å². The Bertz CT molecular complexity index is 455. The zero-order valence-corrected chi connectivity index (χ0v) is 11.0. The lowest BCUT2D eigenvalue weighted by atomic mass is 10.3. The van der Waals surface area contributed by atoms with Crippen molar-refractivity contribution in [2.45, 2.75) is 18.9 Å². The molecular weight excluding hydrogens is 289 g/mol. The second kappa shape index (κ2) is 4.55. The summed E-state index contributed by atoms with van der Waals surface area (Å²) in [6.45, 7) is 7.47. The first kappa shape index (κ1) is 11.6. The van der Waals surface area contributed by atoms with Crippen molar-refractivity contribution in [1.82, 2.24) is 9.97 Å². The summed E-state index contributed by atoms with van der Waals surface area (Å²) in [5, 5.41) is 3.60. The van der Waals surface area contributed by atoms with E-state index in [2.05, 4.69) is 44.4 Å². The lowest BCUT2D eigenvalue weighted by Crippen LogP contribution is -2.07. The van der Waals surface area contributed by atoms with Crippen LogP contribution in [0.1, 0.15) is 24.2 Å². The molecule has 2 rings (SSSR count). The first-order valence-electron chi connectivity index (χ1n) is 4.93. The van der Waals surface area contributed by atoms with Crippen LogP contribution >= 0.6 is 27.5 Å². The molecule has 0 atom stereocenters. The SMILES string of the molecule is C=Cc1nc(NC2CC2)c(Cl)nc1C(=C)Br. The van der Waals surface area contributed by atoms with Crippen LogP contribution in [0.4, 0.5) is 5.82 Å². The maximum Gasteiger partial charge on any atom is 0.172 e. The van der Waals surface area contributed by atoms with Crippen LogP contribution in [-0.4, -0.2) is 16.0 Å². The van der Waals surface area contributed by atoms with Crippen molar-refractivity contribution in [3.63, 3.8) is 0 Å². The van der Waals surface area contributed by atoms with E-state index >= 15 is 0 Å². The molecule has 0 radical (unpaired) electrons. The molecule has 5 heteroatoms. The Morgan fingerprint density at radius 1 is 1.50 bits per heavy atom. The highest BCUT2D eigenvalue weighted by atomic mass is 79.9. The quantitative estimate of drug-likeness (QED) is 0.921. The third kappa shape index (κ3) is 2.44. The van der Waals surface area contributed by atoms with Gasteiger partial charge in [0.25, 0.3) is 0 Å². The van der Waals surface area contributed by atoms with Crippen molar-refractivity contribution < 1.29 is 0 Å². The number of nitrogens with zero attached hydrogens (tertiary/aromatic N) is 2. The van der Waals surface area contributed by atoms with Crippen molar-refractivity contribution in [1.29, 1.82) is 0 Å². The fraction of sp³-hybridized carbons (Fsp3) is 0.273. The van der Waals surface area contributed by atoms with Gasteiger partial charge in [0.15, 0.2) is 11.0 Å². The summed E-state index contributed by atoms with van der Waals surface area (Å²) < 4.78 is 0.648. The molecule has 0 spiro atoms. The van der Waals surface area contributed by atoms with E-state index in [0.717, 1.165) is 12.8 Å². The lowest BCUT2D eigenvalue weighted by Gasteiger charge is -2.09. The third-order valence-electron chi connectivity index (χ3n) is 2.25. The molecule has 1 saturated carbocycles. The lowest BCUT2D eigenvalue weighted by molar-refractivity contribution is 1.07. The molecule has 0 saturated heterocycles. The van der Waals surface area contributed by atoms with Crippen LogP contribution in [0, 0.1) is 0 Å². The van der Waals surface area contributed by atoms with Gasteiger partial charge in [-0.05, 0) is 34.8 Å². The molecule has 0 unspecified atom stereocenters. The molecule has 1 N–H and O–H groups in total. The highest BCUT2D eigenvalue weighted by Gasteiger charge is 2.23. The Morgan fingerprint density at radius 2 is 2.19 bits per heavy atom. The second-order valence-corrected chi connectivity index (χ2v) is 4.94. The molecule has 0 bridgehead atoms. The normalized spacial score (nSPS) is 14.6. The molecular formula is C11H11BrClN3. The summed E-state index contributed by atoms with van der Waals surface area (Å²) in [6.07, 6.45) is 3.96. The fourth-order valence-electron chi connectivity index (χ4n) is 1.28. The maximum absolute atomic E-state index is 6.04. The van der Waals surface area contributed by atoms with Gasteiger partial charge in [-0.15, -0.1) is 0 Å². The minimum Gasteiger partial charge on any atom is -0.365 e. The molecule has 84 valence electrons. The molecule has 1 aromatic heterocycles. The topological polar surface area (TPSA) is 37.8 Å². The van der Waals surface area contributed by atoms with Crippen molar-refractivity contribution in [3.05, 3.63) is 29.7 Å². The molecule has 1 heterocycles. The number of hydrogen-bond donors (Lipinski definition) is 1. The van der Waals surface area contributed by atoms with Gasteiger partial charge in [-0.2, -0.15) is 0 Å². The van der Waals surface area contributed by atoms with Crippen molar-refractivity contribution >= 4 is 43.9 Å². The number of anilines is 1. The summed E-state index contributed by atoms with van der Waals surface area (Å²) in [5.74, 6) is 0.622. The summed E-state index contributed by atoms with van der Waals surface area (Å²) in [7, 11) is 0. The summed E-state index contributed by atoms with van der Waals surface area (Å²) >= 11 is 9.31. The van der Waals surface area contributed by atoms with Gasteiger partial charge in [0.1, 0.15) is 5.69 Å². The predicted molar refractivity (Wildman–Crippen MR) is 71.7 cm³/mol. The van der Waals surface area contributed by atoms with E-state index < -0.39 is 0 Å². The van der Waals surface area contributed by atoms with Gasteiger partial charge >= 0.3 is 0 Å². The zero-order chi connectivity index (χ0) is 11.7. The minimum atomic E-state index is 0.369. The van der Waals surface area contributed by atoms with E-state index in [9.17, 15) is 0 Å². The fourth-order valence-corrected chi connectivity index (χ4v) is 1.76. The highest BCUT2D eigenvalue weighted by Crippen LogP contribution is 2.30. The predicted octanol–water partition coefficient (Wildman–Crippen LogP) is 3.71. The summed E-state index contributed by atoms with van der Waals surface area (Å²) in [6, 6.07) is 0.488. The molecule has 0 aliphatic heterocycles. The Balaban J connectivity index is 2.39. The van der Waals surface area contributed by atoms with Crippen LogP contribution in [0.15, 0.2) is 13.2 Å². The molecule has 1 aliphatic carbocycles. The largest absolute Gasteiger partial charge is 0.365 e. The van der Waals surface area contributed by atoms with E-state index in [1.807, 2.05) is 0 Å². The number of nitrogens with one attached hydrogen (secondary N) is 1. The Morgan fingerprint density at radius 3 is 2.69 bits per heavy atom.